The first-order valence-electron chi connectivity index (χ1n) is 7.67. The van der Waals surface area contributed by atoms with Gasteiger partial charge in [-0.1, -0.05) is 24.6 Å². The summed E-state index contributed by atoms with van der Waals surface area (Å²) in [6, 6.07) is 9.43. The predicted molar refractivity (Wildman–Crippen MR) is 93.6 cm³/mol. The second-order valence-electron chi connectivity index (χ2n) is 5.44. The number of anilines is 1. The molecule has 0 aliphatic heterocycles. The Morgan fingerprint density at radius 3 is 2.65 bits per heavy atom. The number of amides is 1. The molecule has 2 N–H and O–H groups in total. The van der Waals surface area contributed by atoms with E-state index in [9.17, 15) is 4.79 Å². The zero-order valence-corrected chi connectivity index (χ0v) is 13.7. The molecule has 0 spiro atoms. The maximum atomic E-state index is 12.2. The summed E-state index contributed by atoms with van der Waals surface area (Å²) in [7, 11) is 0. The lowest BCUT2D eigenvalue weighted by molar-refractivity contribution is -0.121. The first-order valence-corrected chi connectivity index (χ1v) is 7.67. The quantitative estimate of drug-likeness (QED) is 0.636. The van der Waals surface area contributed by atoms with E-state index in [1.165, 1.54) is 5.56 Å². The molecule has 0 saturated carbocycles. The Morgan fingerprint density at radius 1 is 1.26 bits per heavy atom. The number of carbonyl (C=O) groups is 1. The third kappa shape index (κ3) is 4.92. The molecule has 5 heteroatoms. The van der Waals surface area contributed by atoms with Crippen LogP contribution in [0.15, 0.2) is 47.8 Å². The number of hydrogen-bond acceptors (Lipinski definition) is 4. The van der Waals surface area contributed by atoms with Gasteiger partial charge in [0.25, 0.3) is 5.91 Å². The van der Waals surface area contributed by atoms with Gasteiger partial charge in [0.2, 0.25) is 0 Å². The van der Waals surface area contributed by atoms with E-state index in [-0.39, 0.29) is 11.9 Å². The lowest BCUT2D eigenvalue weighted by Gasteiger charge is -2.18. The van der Waals surface area contributed by atoms with Gasteiger partial charge in [0.05, 0.1) is 6.21 Å². The lowest BCUT2D eigenvalue weighted by Crippen LogP contribution is -2.37. The third-order valence-corrected chi connectivity index (χ3v) is 3.53. The largest absolute Gasteiger partial charge is 0.373 e. The molecule has 0 saturated heterocycles. The van der Waals surface area contributed by atoms with Crippen LogP contribution >= 0.6 is 0 Å². The van der Waals surface area contributed by atoms with Crippen LogP contribution in [-0.4, -0.2) is 23.1 Å². The fourth-order valence-electron chi connectivity index (χ4n) is 2.21. The highest BCUT2D eigenvalue weighted by atomic mass is 16.2. The van der Waals surface area contributed by atoms with Crippen LogP contribution in [0.25, 0.3) is 0 Å². The predicted octanol–water partition coefficient (Wildman–Crippen LogP) is 3.04. The zero-order chi connectivity index (χ0) is 16.7. The van der Waals surface area contributed by atoms with E-state index < -0.39 is 0 Å². The summed E-state index contributed by atoms with van der Waals surface area (Å²) in [6.45, 7) is 6.05. The average molecular weight is 310 g/mol. The molecule has 2 rings (SSSR count). The summed E-state index contributed by atoms with van der Waals surface area (Å²) in [5.41, 5.74) is 6.76. The van der Waals surface area contributed by atoms with Gasteiger partial charge in [0, 0.05) is 18.1 Å². The summed E-state index contributed by atoms with van der Waals surface area (Å²) >= 11 is 0. The van der Waals surface area contributed by atoms with Gasteiger partial charge in [-0.3, -0.25) is 9.78 Å². The monoisotopic (exact) mass is 310 g/mol. The number of nitrogens with one attached hydrogen (secondary N) is 2. The molecule has 2 aromatic rings. The summed E-state index contributed by atoms with van der Waals surface area (Å²) in [5.74, 6) is -0.155. The number of nitrogens with zero attached hydrogens (tertiary/aromatic N) is 2. The van der Waals surface area contributed by atoms with Gasteiger partial charge in [-0.15, -0.1) is 0 Å². The number of pyridine rings is 1. The highest BCUT2D eigenvalue weighted by Crippen LogP contribution is 2.17. The molecule has 1 amide bonds. The fourth-order valence-corrected chi connectivity index (χ4v) is 2.21. The van der Waals surface area contributed by atoms with Crippen molar-refractivity contribution < 1.29 is 4.79 Å². The summed E-state index contributed by atoms with van der Waals surface area (Å²) in [6.07, 6.45) is 5.63. The average Bonchev–Trinajstić information content (AvgIpc) is 2.55. The first kappa shape index (κ1) is 16.7. The molecule has 1 aromatic carbocycles. The molecule has 1 atom stereocenters. The molecule has 23 heavy (non-hydrogen) atoms. The van der Waals surface area contributed by atoms with Crippen LogP contribution in [0.3, 0.4) is 0 Å². The van der Waals surface area contributed by atoms with Gasteiger partial charge in [0.15, 0.2) is 0 Å². The Labute approximate surface area is 136 Å². The maximum absolute atomic E-state index is 12.2. The van der Waals surface area contributed by atoms with Gasteiger partial charge in [-0.05, 0) is 49.6 Å². The van der Waals surface area contributed by atoms with E-state index >= 15 is 0 Å². The minimum absolute atomic E-state index is 0.155. The van der Waals surface area contributed by atoms with Crippen molar-refractivity contribution in [3.63, 3.8) is 0 Å². The van der Waals surface area contributed by atoms with Crippen molar-refractivity contribution in [2.24, 2.45) is 5.10 Å². The van der Waals surface area contributed by atoms with Crippen molar-refractivity contribution in [1.82, 2.24) is 10.4 Å². The molecular weight excluding hydrogens is 288 g/mol. The number of hydrazone groups is 1. The Kier molecular flexibility index (Phi) is 5.86. The highest BCUT2D eigenvalue weighted by Gasteiger charge is 2.16. The van der Waals surface area contributed by atoms with Gasteiger partial charge < -0.3 is 5.32 Å². The second kappa shape index (κ2) is 8.08. The molecule has 1 aromatic heterocycles. The van der Waals surface area contributed by atoms with Crippen molar-refractivity contribution >= 4 is 17.8 Å². The van der Waals surface area contributed by atoms with Crippen LogP contribution in [0.5, 0.6) is 0 Å². The Balaban J connectivity index is 1.97. The standard InChI is InChI=1S/C18H22N4O/c1-4-16(21-17-6-5-13(2)11-14(17)3)18(23)22-20-12-15-7-9-19-10-8-15/h5-12,16,21H,4H2,1-3H3,(H,22,23)/b20-12-/t16-/m1/s1. The van der Waals surface area contributed by atoms with Crippen LogP contribution in [0.2, 0.25) is 0 Å². The normalized spacial score (nSPS) is 12.1. The van der Waals surface area contributed by atoms with Crippen molar-refractivity contribution in [3.05, 3.63) is 59.4 Å². The maximum Gasteiger partial charge on any atom is 0.262 e. The third-order valence-electron chi connectivity index (χ3n) is 3.53. The van der Waals surface area contributed by atoms with Crippen molar-refractivity contribution in [2.45, 2.75) is 33.2 Å². The van der Waals surface area contributed by atoms with Gasteiger partial charge >= 0.3 is 0 Å². The second-order valence-corrected chi connectivity index (χ2v) is 5.44. The Hall–Kier alpha value is -2.69. The molecule has 0 radical (unpaired) electrons. The number of rotatable bonds is 6. The molecule has 0 bridgehead atoms. The summed E-state index contributed by atoms with van der Waals surface area (Å²) in [5, 5.41) is 7.27. The smallest absolute Gasteiger partial charge is 0.262 e. The van der Waals surface area contributed by atoms with E-state index in [1.807, 2.05) is 38.1 Å². The Morgan fingerprint density at radius 2 is 2.00 bits per heavy atom. The molecule has 120 valence electrons. The van der Waals surface area contributed by atoms with Crippen LogP contribution in [-0.2, 0) is 4.79 Å². The van der Waals surface area contributed by atoms with Gasteiger partial charge in [-0.2, -0.15) is 5.10 Å². The minimum Gasteiger partial charge on any atom is -0.373 e. The van der Waals surface area contributed by atoms with E-state index in [0.29, 0.717) is 6.42 Å². The highest BCUT2D eigenvalue weighted by molar-refractivity contribution is 5.86. The number of aromatic nitrogens is 1. The van der Waals surface area contributed by atoms with E-state index in [1.54, 1.807) is 18.6 Å². The van der Waals surface area contributed by atoms with Crippen LogP contribution < -0.4 is 10.7 Å². The summed E-state index contributed by atoms with van der Waals surface area (Å²) in [4.78, 5) is 16.2. The molecule has 1 heterocycles. The topological polar surface area (TPSA) is 66.4 Å². The number of hydrogen-bond donors (Lipinski definition) is 2. The molecular formula is C18H22N4O. The SMILES string of the molecule is CC[C@@H](Nc1ccc(C)cc1C)C(=O)N/N=C\c1ccncc1. The van der Waals surface area contributed by atoms with Crippen molar-refractivity contribution in [2.75, 3.05) is 5.32 Å². The van der Waals surface area contributed by atoms with E-state index in [2.05, 4.69) is 33.8 Å². The van der Waals surface area contributed by atoms with Gasteiger partial charge in [-0.25, -0.2) is 5.43 Å². The van der Waals surface area contributed by atoms with E-state index in [4.69, 9.17) is 0 Å². The number of aryl methyl sites for hydroxylation is 2. The van der Waals surface area contributed by atoms with Crippen LogP contribution in [0.1, 0.15) is 30.0 Å². The number of benzene rings is 1. The van der Waals surface area contributed by atoms with Crippen molar-refractivity contribution in [1.29, 1.82) is 0 Å². The Bertz CT molecular complexity index is 683. The fraction of sp³-hybridized carbons (Fsp3) is 0.278. The van der Waals surface area contributed by atoms with Crippen molar-refractivity contribution in [3.8, 4) is 0 Å². The van der Waals surface area contributed by atoms with Crippen LogP contribution in [0, 0.1) is 13.8 Å². The molecule has 0 aliphatic carbocycles. The molecule has 0 fully saturated rings. The van der Waals surface area contributed by atoms with Gasteiger partial charge in [0.1, 0.15) is 6.04 Å². The van der Waals surface area contributed by atoms with E-state index in [0.717, 1.165) is 16.8 Å². The van der Waals surface area contributed by atoms with Crippen LogP contribution in [0.4, 0.5) is 5.69 Å². The lowest BCUT2D eigenvalue weighted by atomic mass is 10.1. The molecule has 0 aliphatic rings. The molecule has 0 unspecified atom stereocenters. The summed E-state index contributed by atoms with van der Waals surface area (Å²) < 4.78 is 0. The number of carbonyl (C=O) groups excluding carboxylic acids is 1. The minimum atomic E-state index is -0.328. The first-order chi connectivity index (χ1) is 11.1. The zero-order valence-electron chi connectivity index (χ0n) is 13.7. The molecule has 5 nitrogen and oxygen atoms in total.